The summed E-state index contributed by atoms with van der Waals surface area (Å²) in [7, 11) is -3.87. The predicted octanol–water partition coefficient (Wildman–Crippen LogP) is 1.12. The van der Waals surface area contributed by atoms with Crippen LogP contribution in [0.3, 0.4) is 0 Å². The molecular weight excluding hydrogens is 304 g/mol. The maximum absolute atomic E-state index is 11.6. The third-order valence-corrected chi connectivity index (χ3v) is 3.78. The average molecular weight is 322 g/mol. The van der Waals surface area contributed by atoms with Crippen LogP contribution in [-0.4, -0.2) is 26.0 Å². The van der Waals surface area contributed by atoms with Crippen molar-refractivity contribution in [2.24, 2.45) is 10.1 Å². The van der Waals surface area contributed by atoms with Crippen molar-refractivity contribution in [1.82, 2.24) is 10.3 Å². The highest BCUT2D eigenvalue weighted by Gasteiger charge is 2.14. The van der Waals surface area contributed by atoms with Gasteiger partial charge in [-0.05, 0) is 38.3 Å². The second-order valence-electron chi connectivity index (χ2n) is 4.47. The highest BCUT2D eigenvalue weighted by atomic mass is 32.2. The van der Waals surface area contributed by atoms with Crippen LogP contribution in [0.15, 0.2) is 40.1 Å². The number of pyridine rings is 1. The lowest BCUT2D eigenvalue weighted by molar-refractivity contribution is -0.118. The molecule has 0 aliphatic rings. The van der Waals surface area contributed by atoms with E-state index in [0.717, 1.165) is 0 Å². The Morgan fingerprint density at radius 3 is 2.59 bits per heavy atom. The lowest BCUT2D eigenvalue weighted by Gasteiger charge is -2.08. The van der Waals surface area contributed by atoms with Crippen molar-refractivity contribution in [1.29, 1.82) is 0 Å². The van der Waals surface area contributed by atoms with E-state index < -0.39 is 10.0 Å². The van der Waals surface area contributed by atoms with Crippen molar-refractivity contribution in [3.8, 4) is 0 Å². The Bertz CT molecular complexity index is 764. The van der Waals surface area contributed by atoms with Gasteiger partial charge in [-0.15, -0.1) is 0 Å². The fourth-order valence-electron chi connectivity index (χ4n) is 1.74. The fraction of sp³-hybridized carbons (Fsp3) is 0.214. The van der Waals surface area contributed by atoms with Gasteiger partial charge in [-0.2, -0.15) is 0 Å². The van der Waals surface area contributed by atoms with Crippen molar-refractivity contribution in [3.05, 3.63) is 41.5 Å². The Kier molecular flexibility index (Phi) is 5.72. The number of sulfonamides is 1. The number of allylic oxidation sites excluding steroid dienone is 3. The minimum atomic E-state index is -3.87. The van der Waals surface area contributed by atoms with Gasteiger partial charge in [0.15, 0.2) is 0 Å². The second-order valence-corrected chi connectivity index (χ2v) is 6.00. The van der Waals surface area contributed by atoms with Crippen molar-refractivity contribution in [3.63, 3.8) is 0 Å². The molecule has 0 bridgehead atoms. The number of aromatic nitrogens is 1. The molecule has 22 heavy (non-hydrogen) atoms. The third-order valence-electron chi connectivity index (χ3n) is 2.76. The van der Waals surface area contributed by atoms with E-state index in [-0.39, 0.29) is 16.6 Å². The molecule has 1 heterocycles. The molecule has 0 atom stereocenters. The standard InChI is InChI=1S/C14H18N4O3S/c1-5-11(7-14(16-4)18-10(3)19)12-6-13(22(15,20)21)9(2)17-8-12/h5-8H,4H2,1-3H3,(H,18,19)(H2,15,20,21)/b11-5+,14-7+. The maximum Gasteiger partial charge on any atom is 0.239 e. The van der Waals surface area contributed by atoms with Crippen LogP contribution in [0.25, 0.3) is 5.57 Å². The van der Waals surface area contributed by atoms with E-state index in [2.05, 4.69) is 22.0 Å². The van der Waals surface area contributed by atoms with Gasteiger partial charge >= 0.3 is 0 Å². The van der Waals surface area contributed by atoms with Gasteiger partial charge in [-0.25, -0.2) is 18.5 Å². The van der Waals surface area contributed by atoms with Crippen molar-refractivity contribution in [2.45, 2.75) is 25.7 Å². The molecule has 118 valence electrons. The van der Waals surface area contributed by atoms with Crippen molar-refractivity contribution >= 4 is 28.2 Å². The number of nitrogens with zero attached hydrogens (tertiary/aromatic N) is 2. The highest BCUT2D eigenvalue weighted by molar-refractivity contribution is 7.89. The number of aryl methyl sites for hydroxylation is 1. The van der Waals surface area contributed by atoms with Crippen molar-refractivity contribution in [2.75, 3.05) is 0 Å². The molecule has 0 saturated heterocycles. The number of carbonyl (C=O) groups is 1. The maximum atomic E-state index is 11.6. The molecule has 0 aromatic carbocycles. The number of aliphatic imine (C=N–C) groups is 1. The van der Waals surface area contributed by atoms with Crippen LogP contribution in [0, 0.1) is 6.92 Å². The van der Waals surface area contributed by atoms with E-state index >= 15 is 0 Å². The number of nitrogens with two attached hydrogens (primary N) is 1. The molecule has 0 fully saturated rings. The molecule has 0 aliphatic heterocycles. The SMILES string of the molecule is C=N/C(=C\C(=C/C)c1cnc(C)c(S(N)(=O)=O)c1)NC(C)=O. The number of hydrogen-bond acceptors (Lipinski definition) is 5. The smallest absolute Gasteiger partial charge is 0.239 e. The molecule has 3 N–H and O–H groups in total. The van der Waals surface area contributed by atoms with Crippen LogP contribution >= 0.6 is 0 Å². The summed E-state index contributed by atoms with van der Waals surface area (Å²) in [6.45, 7) is 8.04. The molecular formula is C14H18N4O3S. The van der Waals surface area contributed by atoms with Gasteiger partial charge in [0.1, 0.15) is 10.7 Å². The Morgan fingerprint density at radius 1 is 1.50 bits per heavy atom. The normalized spacial score (nSPS) is 12.9. The zero-order valence-corrected chi connectivity index (χ0v) is 13.4. The lowest BCUT2D eigenvalue weighted by Crippen LogP contribution is -2.18. The number of primary sulfonamides is 1. The molecule has 8 heteroatoms. The van der Waals surface area contributed by atoms with Crippen LogP contribution in [0.4, 0.5) is 0 Å². The summed E-state index contributed by atoms with van der Waals surface area (Å²) in [4.78, 5) is 18.8. The minimum absolute atomic E-state index is 0.0506. The first-order chi connectivity index (χ1) is 10.2. The molecule has 1 amide bonds. The Hall–Kier alpha value is -2.32. The monoisotopic (exact) mass is 322 g/mol. The average Bonchev–Trinajstić information content (AvgIpc) is 2.42. The summed E-state index contributed by atoms with van der Waals surface area (Å²) >= 11 is 0. The predicted molar refractivity (Wildman–Crippen MR) is 85.4 cm³/mol. The fourth-order valence-corrected chi connectivity index (χ4v) is 2.50. The Labute approximate surface area is 129 Å². The topological polar surface area (TPSA) is 115 Å². The van der Waals surface area contributed by atoms with Gasteiger partial charge in [0, 0.05) is 18.7 Å². The number of hydrogen-bond donors (Lipinski definition) is 2. The zero-order chi connectivity index (χ0) is 16.9. The molecule has 1 aromatic rings. The number of amides is 1. The van der Waals surface area contributed by atoms with Gasteiger partial charge in [0.05, 0.1) is 5.69 Å². The van der Waals surface area contributed by atoms with E-state index in [9.17, 15) is 13.2 Å². The first-order valence-corrected chi connectivity index (χ1v) is 7.85. The molecule has 0 aliphatic carbocycles. The first-order valence-electron chi connectivity index (χ1n) is 6.31. The van der Waals surface area contributed by atoms with Crippen LogP contribution in [0.2, 0.25) is 0 Å². The van der Waals surface area contributed by atoms with Crippen LogP contribution in [0.5, 0.6) is 0 Å². The van der Waals surface area contributed by atoms with E-state index in [4.69, 9.17) is 5.14 Å². The molecule has 1 aromatic heterocycles. The van der Waals surface area contributed by atoms with E-state index in [1.54, 1.807) is 26.0 Å². The summed E-state index contributed by atoms with van der Waals surface area (Å²) in [5.41, 5.74) is 1.46. The first kappa shape index (κ1) is 17.7. The summed E-state index contributed by atoms with van der Waals surface area (Å²) in [5.74, 6) is -0.0420. The summed E-state index contributed by atoms with van der Waals surface area (Å²) in [6, 6.07) is 1.43. The number of nitrogens with one attached hydrogen (secondary N) is 1. The van der Waals surface area contributed by atoms with Gasteiger partial charge in [0.2, 0.25) is 15.9 Å². The van der Waals surface area contributed by atoms with Gasteiger partial charge in [0.25, 0.3) is 0 Å². The van der Waals surface area contributed by atoms with Gasteiger partial charge < -0.3 is 5.32 Å². The minimum Gasteiger partial charge on any atom is -0.311 e. The van der Waals surface area contributed by atoms with E-state index in [1.807, 2.05) is 0 Å². The van der Waals surface area contributed by atoms with Gasteiger partial charge in [-0.3, -0.25) is 9.78 Å². The Balaban J connectivity index is 3.36. The molecule has 0 radical (unpaired) electrons. The Morgan fingerprint density at radius 2 is 2.14 bits per heavy atom. The molecule has 1 rings (SSSR count). The van der Waals surface area contributed by atoms with Crippen LogP contribution in [-0.2, 0) is 14.8 Å². The number of rotatable bonds is 5. The lowest BCUT2D eigenvalue weighted by atomic mass is 10.1. The van der Waals surface area contributed by atoms with Crippen LogP contribution in [0.1, 0.15) is 25.1 Å². The van der Waals surface area contributed by atoms with Crippen molar-refractivity contribution < 1.29 is 13.2 Å². The van der Waals surface area contributed by atoms with Crippen LogP contribution < -0.4 is 10.5 Å². The largest absolute Gasteiger partial charge is 0.311 e. The summed E-state index contributed by atoms with van der Waals surface area (Å²) in [6.07, 6.45) is 4.81. The third kappa shape index (κ3) is 4.61. The zero-order valence-electron chi connectivity index (χ0n) is 12.6. The molecule has 0 spiro atoms. The molecule has 0 saturated carbocycles. The molecule has 0 unspecified atom stereocenters. The second kappa shape index (κ2) is 7.10. The summed E-state index contributed by atoms with van der Waals surface area (Å²) < 4.78 is 23.1. The quantitative estimate of drug-likeness (QED) is 0.624. The van der Waals surface area contributed by atoms with Gasteiger partial charge in [-0.1, -0.05) is 6.08 Å². The number of carbonyl (C=O) groups excluding carboxylic acids is 1. The summed E-state index contributed by atoms with van der Waals surface area (Å²) in [5, 5.41) is 7.68. The van der Waals surface area contributed by atoms with E-state index in [1.165, 1.54) is 19.2 Å². The highest BCUT2D eigenvalue weighted by Crippen LogP contribution is 2.21. The molecule has 7 nitrogen and oxygen atoms in total. The van der Waals surface area contributed by atoms with E-state index in [0.29, 0.717) is 16.8 Å².